The summed E-state index contributed by atoms with van der Waals surface area (Å²) in [4.78, 5) is 0. The highest BCUT2D eigenvalue weighted by Gasteiger charge is 2.22. The van der Waals surface area contributed by atoms with Gasteiger partial charge in [-0.15, -0.1) is 0 Å². The van der Waals surface area contributed by atoms with Crippen molar-refractivity contribution >= 4 is 0 Å². The topological polar surface area (TPSA) is 9.23 Å². The highest BCUT2D eigenvalue weighted by Crippen LogP contribution is 2.38. The average molecular weight is 351 g/mol. The Morgan fingerprint density at radius 3 is 1.96 bits per heavy atom. The molecule has 1 aliphatic carbocycles. The maximum Gasteiger partial charge on any atom is 0.118 e. The first-order valence-electron chi connectivity index (χ1n) is 10.5. The van der Waals surface area contributed by atoms with Crippen LogP contribution in [-0.4, -0.2) is 7.11 Å². The minimum Gasteiger partial charge on any atom is -0.497 e. The number of benzene rings is 2. The van der Waals surface area contributed by atoms with Crippen LogP contribution in [0.4, 0.5) is 0 Å². The monoisotopic (exact) mass is 350 g/mol. The summed E-state index contributed by atoms with van der Waals surface area (Å²) in [6.45, 7) is 2.30. The van der Waals surface area contributed by atoms with Gasteiger partial charge in [0.2, 0.25) is 0 Å². The zero-order chi connectivity index (χ0) is 18.2. The Morgan fingerprint density at radius 1 is 0.769 bits per heavy atom. The molecule has 0 unspecified atom stereocenters. The van der Waals surface area contributed by atoms with Gasteiger partial charge in [0.15, 0.2) is 0 Å². The zero-order valence-electron chi connectivity index (χ0n) is 16.5. The molecule has 0 bridgehead atoms. The van der Waals surface area contributed by atoms with E-state index in [1.54, 1.807) is 7.11 Å². The van der Waals surface area contributed by atoms with Crippen LogP contribution in [0, 0.1) is 5.92 Å². The second-order valence-electron chi connectivity index (χ2n) is 7.92. The first kappa shape index (κ1) is 19.0. The molecule has 0 N–H and O–H groups in total. The minimum absolute atomic E-state index is 0.770. The van der Waals surface area contributed by atoms with Gasteiger partial charge < -0.3 is 4.74 Å². The van der Waals surface area contributed by atoms with Gasteiger partial charge in [0.25, 0.3) is 0 Å². The molecule has 1 nitrogen and oxygen atoms in total. The highest BCUT2D eigenvalue weighted by molar-refractivity contribution is 5.64. The molecule has 0 radical (unpaired) electrons. The number of unbranched alkanes of at least 4 members (excludes halogenated alkanes) is 3. The summed E-state index contributed by atoms with van der Waals surface area (Å²) in [5.74, 6) is 2.67. The summed E-state index contributed by atoms with van der Waals surface area (Å²) in [7, 11) is 1.71. The Balaban J connectivity index is 1.51. The Bertz CT molecular complexity index is 633. The van der Waals surface area contributed by atoms with Crippen LogP contribution in [0.3, 0.4) is 0 Å². The summed E-state index contributed by atoms with van der Waals surface area (Å²) in [6, 6.07) is 17.6. The molecule has 2 aromatic carbocycles. The largest absolute Gasteiger partial charge is 0.497 e. The summed E-state index contributed by atoms with van der Waals surface area (Å²) in [5.41, 5.74) is 4.08. The van der Waals surface area contributed by atoms with E-state index in [9.17, 15) is 0 Å². The highest BCUT2D eigenvalue weighted by atomic mass is 16.5. The molecule has 0 heterocycles. The fourth-order valence-corrected chi connectivity index (χ4v) is 4.38. The number of methoxy groups -OCH3 is 1. The van der Waals surface area contributed by atoms with E-state index < -0.39 is 0 Å². The van der Waals surface area contributed by atoms with Crippen molar-refractivity contribution in [3.63, 3.8) is 0 Å². The van der Waals surface area contributed by atoms with Gasteiger partial charge in [0.1, 0.15) is 5.75 Å². The molecule has 1 aliphatic rings. The van der Waals surface area contributed by atoms with E-state index in [4.69, 9.17) is 4.74 Å². The Kier molecular flexibility index (Phi) is 7.17. The van der Waals surface area contributed by atoms with Gasteiger partial charge in [0.05, 0.1) is 7.11 Å². The molecule has 3 rings (SSSR count). The standard InChI is InChI=1S/C25H34O/c1-3-4-5-6-7-20-8-10-21(11-9-20)22-12-14-23(15-13-22)24-16-18-25(26-2)19-17-24/h12-21H,3-11H2,1-2H3. The quantitative estimate of drug-likeness (QED) is 0.445. The average Bonchev–Trinajstić information content (AvgIpc) is 2.72. The van der Waals surface area contributed by atoms with E-state index in [-0.39, 0.29) is 0 Å². The zero-order valence-corrected chi connectivity index (χ0v) is 16.5. The number of ether oxygens (including phenoxy) is 1. The maximum absolute atomic E-state index is 5.25. The second-order valence-corrected chi connectivity index (χ2v) is 7.92. The van der Waals surface area contributed by atoms with E-state index in [1.807, 2.05) is 12.1 Å². The van der Waals surface area contributed by atoms with E-state index in [2.05, 4.69) is 43.3 Å². The lowest BCUT2D eigenvalue weighted by atomic mass is 9.77. The van der Waals surface area contributed by atoms with Crippen LogP contribution in [0.5, 0.6) is 5.75 Å². The van der Waals surface area contributed by atoms with Crippen molar-refractivity contribution in [1.29, 1.82) is 0 Å². The molecule has 1 heteroatoms. The number of rotatable bonds is 8. The Labute approximate surface area is 159 Å². The fourth-order valence-electron chi connectivity index (χ4n) is 4.38. The molecular formula is C25H34O. The lowest BCUT2D eigenvalue weighted by molar-refractivity contribution is 0.302. The van der Waals surface area contributed by atoms with E-state index in [0.29, 0.717) is 0 Å². The molecule has 1 fully saturated rings. The Morgan fingerprint density at radius 2 is 1.38 bits per heavy atom. The van der Waals surface area contributed by atoms with E-state index >= 15 is 0 Å². The third kappa shape index (κ3) is 5.13. The van der Waals surface area contributed by atoms with Gasteiger partial charge in [-0.05, 0) is 66.3 Å². The molecule has 26 heavy (non-hydrogen) atoms. The van der Waals surface area contributed by atoms with Gasteiger partial charge in [-0.3, -0.25) is 0 Å². The van der Waals surface area contributed by atoms with E-state index in [1.165, 1.54) is 74.5 Å². The molecular weight excluding hydrogens is 316 g/mol. The van der Waals surface area contributed by atoms with E-state index in [0.717, 1.165) is 17.6 Å². The normalized spacial score (nSPS) is 20.1. The van der Waals surface area contributed by atoms with Crippen LogP contribution < -0.4 is 4.74 Å². The third-order valence-electron chi connectivity index (χ3n) is 6.12. The summed E-state index contributed by atoms with van der Waals surface area (Å²) in [6.07, 6.45) is 12.7. The lowest BCUT2D eigenvalue weighted by Crippen LogP contribution is -2.13. The van der Waals surface area contributed by atoms with Crippen molar-refractivity contribution in [3.05, 3.63) is 54.1 Å². The van der Waals surface area contributed by atoms with Crippen molar-refractivity contribution < 1.29 is 4.74 Å². The predicted octanol–water partition coefficient (Wildman–Crippen LogP) is 7.61. The van der Waals surface area contributed by atoms with Crippen molar-refractivity contribution in [3.8, 4) is 16.9 Å². The van der Waals surface area contributed by atoms with Crippen LogP contribution in [0.15, 0.2) is 48.5 Å². The van der Waals surface area contributed by atoms with Gasteiger partial charge in [-0.25, -0.2) is 0 Å². The van der Waals surface area contributed by atoms with Gasteiger partial charge in [0, 0.05) is 0 Å². The molecule has 0 saturated heterocycles. The fraction of sp³-hybridized carbons (Fsp3) is 0.520. The lowest BCUT2D eigenvalue weighted by Gasteiger charge is -2.29. The first-order chi connectivity index (χ1) is 12.8. The Hall–Kier alpha value is -1.76. The second kappa shape index (κ2) is 9.80. The molecule has 0 aliphatic heterocycles. The minimum atomic E-state index is 0.770. The van der Waals surface area contributed by atoms with Crippen molar-refractivity contribution in [1.82, 2.24) is 0 Å². The molecule has 0 atom stereocenters. The van der Waals surface area contributed by atoms with Crippen LogP contribution in [0.2, 0.25) is 0 Å². The molecule has 0 amide bonds. The number of hydrogen-bond acceptors (Lipinski definition) is 1. The summed E-state index contributed by atoms with van der Waals surface area (Å²) in [5, 5.41) is 0. The van der Waals surface area contributed by atoms with Gasteiger partial charge in [-0.1, -0.05) is 75.4 Å². The molecule has 1 saturated carbocycles. The predicted molar refractivity (Wildman–Crippen MR) is 112 cm³/mol. The molecule has 0 aromatic heterocycles. The van der Waals surface area contributed by atoms with Crippen molar-refractivity contribution in [2.75, 3.05) is 7.11 Å². The van der Waals surface area contributed by atoms with Crippen LogP contribution in [-0.2, 0) is 0 Å². The first-order valence-corrected chi connectivity index (χ1v) is 10.5. The summed E-state index contributed by atoms with van der Waals surface area (Å²) < 4.78 is 5.25. The summed E-state index contributed by atoms with van der Waals surface area (Å²) >= 11 is 0. The van der Waals surface area contributed by atoms with Gasteiger partial charge in [-0.2, -0.15) is 0 Å². The smallest absolute Gasteiger partial charge is 0.118 e. The van der Waals surface area contributed by atoms with Crippen molar-refractivity contribution in [2.45, 2.75) is 70.6 Å². The number of hydrogen-bond donors (Lipinski definition) is 0. The van der Waals surface area contributed by atoms with Crippen LogP contribution in [0.1, 0.15) is 76.2 Å². The maximum atomic E-state index is 5.25. The van der Waals surface area contributed by atoms with Crippen molar-refractivity contribution in [2.24, 2.45) is 5.92 Å². The molecule has 2 aromatic rings. The van der Waals surface area contributed by atoms with Crippen LogP contribution in [0.25, 0.3) is 11.1 Å². The molecule has 0 spiro atoms. The SMILES string of the molecule is CCCCCCC1CCC(c2ccc(-c3ccc(OC)cc3)cc2)CC1. The third-order valence-corrected chi connectivity index (χ3v) is 6.12. The molecule has 140 valence electrons. The van der Waals surface area contributed by atoms with Gasteiger partial charge >= 0.3 is 0 Å². The van der Waals surface area contributed by atoms with Crippen LogP contribution >= 0.6 is 0 Å².